The number of ether oxygens (including phenoxy) is 1. The lowest BCUT2D eigenvalue weighted by molar-refractivity contribution is -0.120. The van der Waals surface area contributed by atoms with Crippen LogP contribution in [0.2, 0.25) is 0 Å². The van der Waals surface area contributed by atoms with Gasteiger partial charge in [-0.25, -0.2) is 9.78 Å². The summed E-state index contributed by atoms with van der Waals surface area (Å²) in [5, 5.41) is 0. The number of hydrogen-bond acceptors (Lipinski definition) is 4. The molecule has 3 aromatic rings. The van der Waals surface area contributed by atoms with E-state index < -0.39 is 6.30 Å². The molecule has 0 aliphatic heterocycles. The summed E-state index contributed by atoms with van der Waals surface area (Å²) in [4.78, 5) is 16.5. The Balaban J connectivity index is 2.31. The second-order valence-electron chi connectivity index (χ2n) is 6.82. The molecule has 0 saturated carbocycles. The third-order valence-electron chi connectivity index (χ3n) is 4.70. The Bertz CT molecular complexity index is 1070. The molecule has 0 spiro atoms. The molecule has 0 aliphatic carbocycles. The molecule has 3 rings (SSSR count). The highest BCUT2D eigenvalue weighted by Gasteiger charge is 2.39. The average Bonchev–Trinajstić information content (AvgIpc) is 2.85. The second-order valence-corrected chi connectivity index (χ2v) is 6.82. The molecule has 0 unspecified atom stereocenters. The van der Waals surface area contributed by atoms with Gasteiger partial charge in [0, 0.05) is 20.2 Å². The van der Waals surface area contributed by atoms with Gasteiger partial charge in [0.15, 0.2) is 0 Å². The van der Waals surface area contributed by atoms with Gasteiger partial charge in [-0.3, -0.25) is 14.0 Å². The fraction of sp³-hybridized carbons (Fsp3) is 0.368. The Labute approximate surface area is 159 Å². The highest BCUT2D eigenvalue weighted by molar-refractivity contribution is 5.86. The third-order valence-corrected chi connectivity index (χ3v) is 4.70. The first-order chi connectivity index (χ1) is 13.1. The minimum Gasteiger partial charge on any atom is -0.481 e. The molecular weight excluding hydrogens is 373 g/mol. The van der Waals surface area contributed by atoms with E-state index in [0.29, 0.717) is 16.6 Å². The van der Waals surface area contributed by atoms with Crippen molar-refractivity contribution in [2.24, 2.45) is 14.1 Å². The molecule has 0 fully saturated rings. The number of aryl methyl sites for hydroxylation is 2. The summed E-state index contributed by atoms with van der Waals surface area (Å²) in [7, 11) is 4.55. The van der Waals surface area contributed by atoms with Crippen LogP contribution in [0.3, 0.4) is 0 Å². The van der Waals surface area contributed by atoms with Crippen LogP contribution in [-0.2, 0) is 14.1 Å². The molecule has 28 heavy (non-hydrogen) atoms. The summed E-state index contributed by atoms with van der Waals surface area (Å²) in [5.74, 6) is 0.133. The Morgan fingerprint density at radius 1 is 1.11 bits per heavy atom. The van der Waals surface area contributed by atoms with E-state index in [0.717, 1.165) is 6.20 Å². The number of alkyl halides is 3. The van der Waals surface area contributed by atoms with E-state index in [9.17, 15) is 18.0 Å². The number of halogens is 3. The van der Waals surface area contributed by atoms with E-state index in [1.54, 1.807) is 14.1 Å². The molecule has 6 nitrogen and oxygen atoms in total. The lowest BCUT2D eigenvalue weighted by Crippen LogP contribution is -2.33. The van der Waals surface area contributed by atoms with E-state index in [2.05, 4.69) is 4.98 Å². The van der Waals surface area contributed by atoms with Crippen LogP contribution in [0.1, 0.15) is 25.3 Å². The van der Waals surface area contributed by atoms with Crippen molar-refractivity contribution in [1.29, 1.82) is 0 Å². The molecule has 0 radical (unpaired) electrons. The predicted octanol–water partition coefficient (Wildman–Crippen LogP) is 4.06. The van der Waals surface area contributed by atoms with Crippen LogP contribution in [0.15, 0.2) is 35.3 Å². The van der Waals surface area contributed by atoms with Gasteiger partial charge in [-0.05, 0) is 29.7 Å². The average molecular weight is 394 g/mol. The minimum absolute atomic E-state index is 0.0838. The molecule has 0 saturated heterocycles. The maximum atomic E-state index is 14.0. The highest BCUT2D eigenvalue weighted by Crippen LogP contribution is 2.40. The Kier molecular flexibility index (Phi) is 4.86. The number of fused-ring (bicyclic) bond motifs is 1. The number of anilines is 2. The van der Waals surface area contributed by atoms with Gasteiger partial charge in [-0.2, -0.15) is 0 Å². The second kappa shape index (κ2) is 6.88. The van der Waals surface area contributed by atoms with Crippen LogP contribution in [-0.4, -0.2) is 27.5 Å². The number of benzene rings is 1. The van der Waals surface area contributed by atoms with E-state index in [1.165, 1.54) is 40.5 Å². The molecule has 0 bridgehead atoms. The zero-order chi connectivity index (χ0) is 20.8. The van der Waals surface area contributed by atoms with Crippen molar-refractivity contribution in [2.75, 3.05) is 12.0 Å². The number of hydrogen-bond donors (Lipinski definition) is 0. The monoisotopic (exact) mass is 394 g/mol. The SMILES string of the molecule is COc1ccc(N(c2cc(C(C)C)c3c(c2)n(C)c(=O)n3C)C(F)(F)F)cn1. The summed E-state index contributed by atoms with van der Waals surface area (Å²) >= 11 is 0. The summed E-state index contributed by atoms with van der Waals surface area (Å²) in [6.07, 6.45) is -3.58. The van der Waals surface area contributed by atoms with Crippen molar-refractivity contribution >= 4 is 22.4 Å². The Hall–Kier alpha value is -2.97. The van der Waals surface area contributed by atoms with E-state index >= 15 is 0 Å². The minimum atomic E-state index is -4.69. The molecular formula is C19H21F3N4O2. The summed E-state index contributed by atoms with van der Waals surface area (Å²) in [5.41, 5.74) is 1.19. The number of rotatable bonds is 4. The van der Waals surface area contributed by atoms with E-state index in [-0.39, 0.29) is 33.8 Å². The maximum Gasteiger partial charge on any atom is 0.489 e. The largest absolute Gasteiger partial charge is 0.489 e. The lowest BCUT2D eigenvalue weighted by atomic mass is 10.00. The molecule has 9 heteroatoms. The highest BCUT2D eigenvalue weighted by atomic mass is 19.4. The zero-order valence-electron chi connectivity index (χ0n) is 16.2. The van der Waals surface area contributed by atoms with Gasteiger partial charge in [-0.15, -0.1) is 13.2 Å². The predicted molar refractivity (Wildman–Crippen MR) is 101 cm³/mol. The summed E-state index contributed by atoms with van der Waals surface area (Å²) in [6, 6.07) is 5.52. The molecule has 0 N–H and O–H groups in total. The van der Waals surface area contributed by atoms with Gasteiger partial charge < -0.3 is 4.74 Å². The molecule has 150 valence electrons. The van der Waals surface area contributed by atoms with Gasteiger partial charge in [0.25, 0.3) is 0 Å². The molecule has 0 amide bonds. The first-order valence-corrected chi connectivity index (χ1v) is 8.62. The number of aromatic nitrogens is 3. The van der Waals surface area contributed by atoms with Gasteiger partial charge in [0.1, 0.15) is 0 Å². The molecule has 0 atom stereocenters. The smallest absolute Gasteiger partial charge is 0.481 e. The van der Waals surface area contributed by atoms with Crippen molar-refractivity contribution in [2.45, 2.75) is 26.1 Å². The van der Waals surface area contributed by atoms with Crippen LogP contribution in [0.4, 0.5) is 24.5 Å². The maximum absolute atomic E-state index is 14.0. The van der Waals surface area contributed by atoms with Gasteiger partial charge in [-0.1, -0.05) is 13.8 Å². The fourth-order valence-corrected chi connectivity index (χ4v) is 3.31. The molecule has 2 aromatic heterocycles. The molecule has 1 aromatic carbocycles. The van der Waals surface area contributed by atoms with Crippen molar-refractivity contribution in [3.8, 4) is 5.88 Å². The van der Waals surface area contributed by atoms with Gasteiger partial charge in [0.2, 0.25) is 5.88 Å². The van der Waals surface area contributed by atoms with Crippen LogP contribution >= 0.6 is 0 Å². The van der Waals surface area contributed by atoms with Crippen LogP contribution in [0.25, 0.3) is 11.0 Å². The van der Waals surface area contributed by atoms with Crippen molar-refractivity contribution in [3.05, 3.63) is 46.5 Å². The van der Waals surface area contributed by atoms with Crippen LogP contribution < -0.4 is 15.3 Å². The number of imidazole rings is 1. The third kappa shape index (κ3) is 3.21. The normalized spacial score (nSPS) is 12.0. The van der Waals surface area contributed by atoms with Gasteiger partial charge >= 0.3 is 12.0 Å². The number of nitrogens with zero attached hydrogens (tertiary/aromatic N) is 4. The first-order valence-electron chi connectivity index (χ1n) is 8.62. The quantitative estimate of drug-likeness (QED) is 0.626. The van der Waals surface area contributed by atoms with E-state index in [1.807, 2.05) is 13.8 Å². The van der Waals surface area contributed by atoms with Crippen LogP contribution in [0.5, 0.6) is 5.88 Å². The Morgan fingerprint density at radius 3 is 2.29 bits per heavy atom. The summed E-state index contributed by atoms with van der Waals surface area (Å²) in [6.45, 7) is 3.76. The van der Waals surface area contributed by atoms with Crippen molar-refractivity contribution < 1.29 is 17.9 Å². The van der Waals surface area contributed by atoms with E-state index in [4.69, 9.17) is 4.74 Å². The first kappa shape index (κ1) is 19.8. The zero-order valence-corrected chi connectivity index (χ0v) is 16.2. The summed E-state index contributed by atoms with van der Waals surface area (Å²) < 4.78 is 49.7. The number of methoxy groups -OCH3 is 1. The van der Waals surface area contributed by atoms with Crippen LogP contribution in [0, 0.1) is 0 Å². The lowest BCUT2D eigenvalue weighted by Gasteiger charge is -2.28. The standard InChI is InChI=1S/C19H21F3N4O2/c1-11(2)14-8-13(9-15-17(14)25(4)18(27)24(15)3)26(19(20,21)22)12-6-7-16(28-5)23-10-12/h6-11H,1-5H3. The Morgan fingerprint density at radius 2 is 1.79 bits per heavy atom. The topological polar surface area (TPSA) is 52.3 Å². The number of pyridine rings is 1. The van der Waals surface area contributed by atoms with Crippen molar-refractivity contribution in [3.63, 3.8) is 0 Å². The van der Waals surface area contributed by atoms with Gasteiger partial charge in [0.05, 0.1) is 35.7 Å². The molecule has 2 heterocycles. The molecule has 0 aliphatic rings. The fourth-order valence-electron chi connectivity index (χ4n) is 3.31. The van der Waals surface area contributed by atoms with Crippen molar-refractivity contribution in [1.82, 2.24) is 14.1 Å².